The summed E-state index contributed by atoms with van der Waals surface area (Å²) in [6, 6.07) is 6.54. The highest BCUT2D eigenvalue weighted by Crippen LogP contribution is 2.23. The van der Waals surface area contributed by atoms with Gasteiger partial charge in [0.15, 0.2) is 0 Å². The molecule has 100 valence electrons. The molecule has 0 spiro atoms. The molecule has 0 aliphatic heterocycles. The van der Waals surface area contributed by atoms with Gasteiger partial charge in [-0.2, -0.15) is 0 Å². The predicted octanol–water partition coefficient (Wildman–Crippen LogP) is 5.20. The van der Waals surface area contributed by atoms with Crippen LogP contribution in [-0.4, -0.2) is 6.04 Å². The molecule has 0 aromatic heterocycles. The number of hydrogen-bond acceptors (Lipinski definition) is 1. The summed E-state index contributed by atoms with van der Waals surface area (Å²) in [6.45, 7) is 0.890. The first-order valence-corrected chi connectivity index (χ1v) is 7.68. The lowest BCUT2D eigenvalue weighted by atomic mass is 9.96. The van der Waals surface area contributed by atoms with E-state index in [1.165, 1.54) is 50.5 Å². The molecule has 1 saturated carbocycles. The van der Waals surface area contributed by atoms with Crippen molar-refractivity contribution < 1.29 is 0 Å². The molecule has 0 bridgehead atoms. The lowest BCUT2D eigenvalue weighted by molar-refractivity contribution is 0.389. The van der Waals surface area contributed by atoms with Crippen LogP contribution in [0.15, 0.2) is 18.2 Å². The Balaban J connectivity index is 1.83. The first-order valence-electron chi connectivity index (χ1n) is 6.93. The molecule has 3 heteroatoms. The highest BCUT2D eigenvalue weighted by molar-refractivity contribution is 6.42. The topological polar surface area (TPSA) is 12.0 Å². The molecule has 0 amide bonds. The van der Waals surface area contributed by atoms with Gasteiger partial charge in [-0.15, -0.1) is 0 Å². The van der Waals surface area contributed by atoms with E-state index >= 15 is 0 Å². The molecule has 0 saturated heterocycles. The summed E-state index contributed by atoms with van der Waals surface area (Å²) in [4.78, 5) is 0. The molecular weight excluding hydrogens is 265 g/mol. The van der Waals surface area contributed by atoms with Crippen molar-refractivity contribution in [2.24, 2.45) is 0 Å². The second-order valence-electron chi connectivity index (χ2n) is 5.17. The molecule has 0 radical (unpaired) electrons. The van der Waals surface area contributed by atoms with Crippen LogP contribution in [0.25, 0.3) is 0 Å². The van der Waals surface area contributed by atoms with Gasteiger partial charge in [-0.05, 0) is 30.5 Å². The monoisotopic (exact) mass is 285 g/mol. The third-order valence-electron chi connectivity index (χ3n) is 3.68. The third-order valence-corrected chi connectivity index (χ3v) is 4.42. The molecule has 1 nitrogen and oxygen atoms in total. The molecule has 1 aliphatic rings. The Bertz CT molecular complexity index is 371. The van der Waals surface area contributed by atoms with Crippen molar-refractivity contribution in [2.45, 2.75) is 57.5 Å². The number of benzene rings is 1. The van der Waals surface area contributed by atoms with Gasteiger partial charge >= 0.3 is 0 Å². The normalized spacial score (nSPS) is 18.3. The first kappa shape index (κ1) is 14.2. The maximum absolute atomic E-state index is 6.02. The predicted molar refractivity (Wildman–Crippen MR) is 79.4 cm³/mol. The van der Waals surface area contributed by atoms with Gasteiger partial charge in [-0.25, -0.2) is 0 Å². The molecule has 2 rings (SSSR count). The SMILES string of the molecule is Clc1ccc(CNC2CCCCCCC2)cc1Cl. The fraction of sp³-hybridized carbons (Fsp3) is 0.600. The molecular formula is C15H21Cl2N. The van der Waals surface area contributed by atoms with Crippen LogP contribution in [0.5, 0.6) is 0 Å². The second-order valence-corrected chi connectivity index (χ2v) is 5.99. The van der Waals surface area contributed by atoms with Gasteiger partial charge in [-0.3, -0.25) is 0 Å². The molecule has 0 atom stereocenters. The van der Waals surface area contributed by atoms with E-state index in [2.05, 4.69) is 5.32 Å². The minimum Gasteiger partial charge on any atom is -0.310 e. The van der Waals surface area contributed by atoms with Crippen LogP contribution in [-0.2, 0) is 6.54 Å². The Labute approximate surface area is 120 Å². The van der Waals surface area contributed by atoms with E-state index in [-0.39, 0.29) is 0 Å². The van der Waals surface area contributed by atoms with Gasteiger partial charge in [-0.1, -0.05) is 61.4 Å². The molecule has 0 heterocycles. The van der Waals surface area contributed by atoms with Crippen molar-refractivity contribution in [3.63, 3.8) is 0 Å². The largest absolute Gasteiger partial charge is 0.310 e. The highest BCUT2D eigenvalue weighted by atomic mass is 35.5. The summed E-state index contributed by atoms with van der Waals surface area (Å²) in [5, 5.41) is 4.93. The maximum atomic E-state index is 6.02. The second kappa shape index (κ2) is 7.37. The zero-order valence-corrected chi connectivity index (χ0v) is 12.2. The van der Waals surface area contributed by atoms with E-state index < -0.39 is 0 Å². The fourth-order valence-electron chi connectivity index (χ4n) is 2.57. The van der Waals surface area contributed by atoms with Crippen LogP contribution in [0.4, 0.5) is 0 Å². The van der Waals surface area contributed by atoms with Crippen LogP contribution in [0.1, 0.15) is 50.5 Å². The van der Waals surface area contributed by atoms with Gasteiger partial charge < -0.3 is 5.32 Å². The summed E-state index contributed by atoms with van der Waals surface area (Å²) in [5.74, 6) is 0. The number of rotatable bonds is 3. The molecule has 1 N–H and O–H groups in total. The van der Waals surface area contributed by atoms with Crippen LogP contribution in [0, 0.1) is 0 Å². The van der Waals surface area contributed by atoms with Crippen molar-refractivity contribution >= 4 is 23.2 Å². The number of nitrogens with one attached hydrogen (secondary N) is 1. The molecule has 1 aliphatic carbocycles. The Morgan fingerprint density at radius 1 is 0.944 bits per heavy atom. The zero-order chi connectivity index (χ0) is 12.8. The van der Waals surface area contributed by atoms with Gasteiger partial charge in [0.2, 0.25) is 0 Å². The Kier molecular flexibility index (Phi) is 5.81. The van der Waals surface area contributed by atoms with Gasteiger partial charge in [0.1, 0.15) is 0 Å². The van der Waals surface area contributed by atoms with Crippen LogP contribution >= 0.6 is 23.2 Å². The van der Waals surface area contributed by atoms with E-state index in [1.54, 1.807) is 0 Å². The number of hydrogen-bond donors (Lipinski definition) is 1. The summed E-state index contributed by atoms with van der Waals surface area (Å²) in [5.41, 5.74) is 1.21. The van der Waals surface area contributed by atoms with E-state index in [9.17, 15) is 0 Å². The van der Waals surface area contributed by atoms with Gasteiger partial charge in [0.05, 0.1) is 10.0 Å². The Morgan fingerprint density at radius 2 is 1.61 bits per heavy atom. The molecule has 18 heavy (non-hydrogen) atoms. The lowest BCUT2D eigenvalue weighted by Gasteiger charge is -2.21. The minimum absolute atomic E-state index is 0.631. The van der Waals surface area contributed by atoms with Crippen molar-refractivity contribution in [1.29, 1.82) is 0 Å². The van der Waals surface area contributed by atoms with Gasteiger partial charge in [0, 0.05) is 12.6 Å². The molecule has 1 aromatic rings. The summed E-state index contributed by atoms with van der Waals surface area (Å²) in [6.07, 6.45) is 9.54. The van der Waals surface area contributed by atoms with E-state index in [0.717, 1.165) is 6.54 Å². The maximum Gasteiger partial charge on any atom is 0.0595 e. The summed E-state index contributed by atoms with van der Waals surface area (Å²) >= 11 is 11.9. The zero-order valence-electron chi connectivity index (χ0n) is 10.7. The lowest BCUT2D eigenvalue weighted by Crippen LogP contribution is -2.29. The highest BCUT2D eigenvalue weighted by Gasteiger charge is 2.10. The van der Waals surface area contributed by atoms with Crippen molar-refractivity contribution in [3.8, 4) is 0 Å². The van der Waals surface area contributed by atoms with Crippen LogP contribution < -0.4 is 5.32 Å². The smallest absolute Gasteiger partial charge is 0.0595 e. The summed E-state index contributed by atoms with van der Waals surface area (Å²) in [7, 11) is 0. The van der Waals surface area contributed by atoms with E-state index in [0.29, 0.717) is 16.1 Å². The van der Waals surface area contributed by atoms with Crippen molar-refractivity contribution in [3.05, 3.63) is 33.8 Å². The Morgan fingerprint density at radius 3 is 2.28 bits per heavy atom. The number of halogens is 2. The molecule has 1 fully saturated rings. The fourth-order valence-corrected chi connectivity index (χ4v) is 2.89. The average Bonchev–Trinajstić information content (AvgIpc) is 2.32. The first-order chi connectivity index (χ1) is 8.75. The van der Waals surface area contributed by atoms with E-state index in [1.807, 2.05) is 18.2 Å². The third kappa shape index (κ3) is 4.46. The van der Waals surface area contributed by atoms with E-state index in [4.69, 9.17) is 23.2 Å². The van der Waals surface area contributed by atoms with Crippen LogP contribution in [0.2, 0.25) is 10.0 Å². The molecule has 0 unspecified atom stereocenters. The van der Waals surface area contributed by atoms with Crippen molar-refractivity contribution in [2.75, 3.05) is 0 Å². The minimum atomic E-state index is 0.631. The van der Waals surface area contributed by atoms with Crippen molar-refractivity contribution in [1.82, 2.24) is 5.32 Å². The average molecular weight is 286 g/mol. The Hall–Kier alpha value is -0.240. The molecule has 1 aromatic carbocycles. The van der Waals surface area contributed by atoms with Gasteiger partial charge in [0.25, 0.3) is 0 Å². The quantitative estimate of drug-likeness (QED) is 0.805. The van der Waals surface area contributed by atoms with Crippen LogP contribution in [0.3, 0.4) is 0 Å². The standard InChI is InChI=1S/C15H21Cl2N/c16-14-9-8-12(10-15(14)17)11-18-13-6-4-2-1-3-5-7-13/h8-10,13,18H,1-7,11H2. The summed E-state index contributed by atoms with van der Waals surface area (Å²) < 4.78 is 0.